The molecule has 4 rings (SSSR count). The average molecular weight is 409 g/mol. The topological polar surface area (TPSA) is 68.5 Å². The fourth-order valence-electron chi connectivity index (χ4n) is 3.66. The number of carbonyl (C=O) groups is 1. The van der Waals surface area contributed by atoms with E-state index >= 15 is 0 Å². The Balaban J connectivity index is 1.53. The Morgan fingerprint density at radius 3 is 2.73 bits per heavy atom. The molecule has 1 saturated heterocycles. The van der Waals surface area contributed by atoms with Gasteiger partial charge in [-0.2, -0.15) is 0 Å². The van der Waals surface area contributed by atoms with Gasteiger partial charge in [-0.25, -0.2) is 4.39 Å². The van der Waals surface area contributed by atoms with Crippen LogP contribution in [0.3, 0.4) is 0 Å². The third kappa shape index (κ3) is 3.85. The lowest BCUT2D eigenvalue weighted by molar-refractivity contribution is -0.0248. The van der Waals surface area contributed by atoms with Crippen LogP contribution in [0.1, 0.15) is 53.4 Å². The molecule has 0 saturated carbocycles. The van der Waals surface area contributed by atoms with E-state index in [1.807, 2.05) is 26.0 Å². The molecule has 3 aromatic rings. The first kappa shape index (κ1) is 20.2. The van der Waals surface area contributed by atoms with Crippen molar-refractivity contribution in [3.05, 3.63) is 71.1 Å². The molecule has 1 aliphatic rings. The van der Waals surface area contributed by atoms with Crippen molar-refractivity contribution in [2.24, 2.45) is 0 Å². The van der Waals surface area contributed by atoms with E-state index in [2.05, 4.69) is 10.1 Å². The normalized spacial score (nSPS) is 16.8. The molecule has 2 aromatic heterocycles. The van der Waals surface area contributed by atoms with Crippen LogP contribution >= 0.6 is 0 Å². The summed E-state index contributed by atoms with van der Waals surface area (Å²) in [7, 11) is 0. The van der Waals surface area contributed by atoms with Crippen LogP contribution in [0.5, 0.6) is 0 Å². The summed E-state index contributed by atoms with van der Waals surface area (Å²) in [4.78, 5) is 19.4. The summed E-state index contributed by atoms with van der Waals surface area (Å²) < 4.78 is 25.2. The predicted molar refractivity (Wildman–Crippen MR) is 110 cm³/mol. The Labute approximate surface area is 174 Å². The molecule has 0 N–H and O–H groups in total. The number of morpholine rings is 1. The second kappa shape index (κ2) is 8.36. The number of hydrogen-bond donors (Lipinski definition) is 0. The van der Waals surface area contributed by atoms with E-state index in [-0.39, 0.29) is 23.7 Å². The lowest BCUT2D eigenvalue weighted by Crippen LogP contribution is -2.42. The van der Waals surface area contributed by atoms with Crippen LogP contribution in [0.15, 0.2) is 47.1 Å². The van der Waals surface area contributed by atoms with Crippen LogP contribution < -0.4 is 0 Å². The lowest BCUT2D eigenvalue weighted by atomic mass is 10.0. The third-order valence-electron chi connectivity index (χ3n) is 5.30. The van der Waals surface area contributed by atoms with E-state index < -0.39 is 0 Å². The van der Waals surface area contributed by atoms with Gasteiger partial charge in [-0.1, -0.05) is 43.3 Å². The van der Waals surface area contributed by atoms with Gasteiger partial charge >= 0.3 is 0 Å². The minimum atomic E-state index is -0.347. The van der Waals surface area contributed by atoms with E-state index in [9.17, 15) is 9.18 Å². The maximum Gasteiger partial charge on any atom is 0.259 e. The van der Waals surface area contributed by atoms with Crippen molar-refractivity contribution in [3.63, 3.8) is 0 Å². The first-order valence-corrected chi connectivity index (χ1v) is 10.0. The number of hydrogen-bond acceptors (Lipinski definition) is 5. The Morgan fingerprint density at radius 1 is 1.23 bits per heavy atom. The number of amides is 1. The molecular weight excluding hydrogens is 385 g/mol. The van der Waals surface area contributed by atoms with Gasteiger partial charge in [0.05, 0.1) is 24.5 Å². The minimum absolute atomic E-state index is 0.0887. The van der Waals surface area contributed by atoms with Crippen LogP contribution in [-0.2, 0) is 4.74 Å². The molecule has 30 heavy (non-hydrogen) atoms. The first-order valence-electron chi connectivity index (χ1n) is 10.0. The Morgan fingerprint density at radius 2 is 2.03 bits per heavy atom. The zero-order valence-corrected chi connectivity index (χ0v) is 17.3. The van der Waals surface area contributed by atoms with Gasteiger partial charge in [0.1, 0.15) is 23.2 Å². The van der Waals surface area contributed by atoms with Gasteiger partial charge in [0, 0.05) is 23.9 Å². The lowest BCUT2D eigenvalue weighted by Gasteiger charge is -2.32. The molecule has 7 heteroatoms. The summed E-state index contributed by atoms with van der Waals surface area (Å²) >= 11 is 0. The van der Waals surface area contributed by atoms with E-state index in [1.54, 1.807) is 36.2 Å². The largest absolute Gasteiger partial charge is 0.368 e. The minimum Gasteiger partial charge on any atom is -0.368 e. The van der Waals surface area contributed by atoms with Gasteiger partial charge in [0.25, 0.3) is 5.91 Å². The number of pyridine rings is 1. The Kier molecular flexibility index (Phi) is 5.63. The highest BCUT2D eigenvalue weighted by atomic mass is 19.1. The zero-order chi connectivity index (χ0) is 21.3. The van der Waals surface area contributed by atoms with E-state index in [1.165, 1.54) is 6.07 Å². The van der Waals surface area contributed by atoms with Crippen LogP contribution in [-0.4, -0.2) is 40.6 Å². The van der Waals surface area contributed by atoms with Crippen molar-refractivity contribution in [2.75, 3.05) is 19.7 Å². The van der Waals surface area contributed by atoms with Crippen molar-refractivity contribution in [3.8, 4) is 11.1 Å². The van der Waals surface area contributed by atoms with Crippen molar-refractivity contribution in [1.29, 1.82) is 0 Å². The monoisotopic (exact) mass is 409 g/mol. The Hall–Kier alpha value is -3.06. The fourth-order valence-corrected chi connectivity index (χ4v) is 3.66. The first-order chi connectivity index (χ1) is 14.5. The van der Waals surface area contributed by atoms with E-state index in [0.29, 0.717) is 53.5 Å². The summed E-state index contributed by atoms with van der Waals surface area (Å²) in [5, 5.41) is 4.06. The average Bonchev–Trinajstić information content (AvgIpc) is 3.15. The fraction of sp³-hybridized carbons (Fsp3) is 0.348. The number of aromatic nitrogens is 2. The number of benzene rings is 1. The molecule has 0 spiro atoms. The summed E-state index contributed by atoms with van der Waals surface area (Å²) in [6.45, 7) is 7.01. The molecule has 156 valence electrons. The molecule has 1 aliphatic heterocycles. The molecular formula is C23H24FN3O3. The highest BCUT2D eigenvalue weighted by Gasteiger charge is 2.31. The SMILES string of the molecule is Cc1onc(C(C)C)c1C(=O)N1CCO[C@H](c2ccc(-c3ccccc3F)cn2)C1. The van der Waals surface area contributed by atoms with Crippen molar-refractivity contribution < 1.29 is 18.4 Å². The molecule has 6 nitrogen and oxygen atoms in total. The second-order valence-corrected chi connectivity index (χ2v) is 7.72. The van der Waals surface area contributed by atoms with Crippen LogP contribution in [0.2, 0.25) is 0 Å². The highest BCUT2D eigenvalue weighted by Crippen LogP contribution is 2.28. The van der Waals surface area contributed by atoms with Gasteiger partial charge < -0.3 is 14.2 Å². The molecule has 1 fully saturated rings. The third-order valence-corrected chi connectivity index (χ3v) is 5.30. The number of nitrogens with zero attached hydrogens (tertiary/aromatic N) is 3. The second-order valence-electron chi connectivity index (χ2n) is 7.72. The van der Waals surface area contributed by atoms with Crippen molar-refractivity contribution in [1.82, 2.24) is 15.0 Å². The molecule has 0 bridgehead atoms. The summed E-state index contributed by atoms with van der Waals surface area (Å²) in [5.74, 6) is 0.224. The number of carbonyl (C=O) groups excluding carboxylic acids is 1. The van der Waals surface area contributed by atoms with E-state index in [4.69, 9.17) is 9.26 Å². The van der Waals surface area contributed by atoms with E-state index in [0.717, 1.165) is 0 Å². The van der Waals surface area contributed by atoms with Crippen LogP contribution in [0, 0.1) is 12.7 Å². The van der Waals surface area contributed by atoms with Gasteiger partial charge in [0.15, 0.2) is 0 Å². The van der Waals surface area contributed by atoms with Gasteiger partial charge in [0.2, 0.25) is 0 Å². The molecule has 0 unspecified atom stereocenters. The summed E-state index contributed by atoms with van der Waals surface area (Å²) in [6, 6.07) is 10.2. The quantitative estimate of drug-likeness (QED) is 0.634. The number of ether oxygens (including phenoxy) is 1. The summed E-state index contributed by atoms with van der Waals surface area (Å²) in [6.07, 6.45) is 1.29. The van der Waals surface area contributed by atoms with Gasteiger partial charge in [-0.15, -0.1) is 0 Å². The summed E-state index contributed by atoms with van der Waals surface area (Å²) in [5.41, 5.74) is 3.12. The maximum atomic E-state index is 14.0. The number of halogens is 1. The smallest absolute Gasteiger partial charge is 0.259 e. The highest BCUT2D eigenvalue weighted by molar-refractivity contribution is 5.96. The van der Waals surface area contributed by atoms with Crippen LogP contribution in [0.25, 0.3) is 11.1 Å². The molecule has 1 atom stereocenters. The molecule has 1 aromatic carbocycles. The maximum absolute atomic E-state index is 14.0. The van der Waals surface area contributed by atoms with Gasteiger partial charge in [-0.3, -0.25) is 9.78 Å². The van der Waals surface area contributed by atoms with Crippen molar-refractivity contribution in [2.45, 2.75) is 32.8 Å². The Bertz CT molecular complexity index is 1050. The predicted octanol–water partition coefficient (Wildman–Crippen LogP) is 4.52. The molecule has 1 amide bonds. The molecule has 0 radical (unpaired) electrons. The molecule has 0 aliphatic carbocycles. The van der Waals surface area contributed by atoms with Crippen LogP contribution in [0.4, 0.5) is 4.39 Å². The van der Waals surface area contributed by atoms with Crippen molar-refractivity contribution >= 4 is 5.91 Å². The molecule has 3 heterocycles. The zero-order valence-electron chi connectivity index (χ0n) is 17.3. The standard InChI is InChI=1S/C23H24FN3O3/c1-14(2)22-21(15(3)30-26-22)23(28)27-10-11-29-20(13-27)19-9-8-16(12-25-19)17-6-4-5-7-18(17)24/h4-9,12,14,20H,10-11,13H2,1-3H3/t20-/m0/s1. The number of rotatable bonds is 4. The van der Waals surface area contributed by atoms with Gasteiger partial charge in [-0.05, 0) is 25.0 Å². The number of aryl methyl sites for hydroxylation is 1.